The highest BCUT2D eigenvalue weighted by Gasteiger charge is 2.30. The van der Waals surface area contributed by atoms with E-state index in [0.717, 1.165) is 120 Å². The van der Waals surface area contributed by atoms with E-state index in [0.29, 0.717) is 25.7 Å². The number of ether oxygens (including phenoxy) is 4. The minimum absolute atomic E-state index is 0.105. The maximum absolute atomic E-state index is 13.0. The molecule has 0 saturated carbocycles. The van der Waals surface area contributed by atoms with Crippen molar-refractivity contribution in [2.45, 2.75) is 356 Å². The number of hydrogen-bond donors (Lipinski definition) is 3. The SMILES string of the molecule is CCCCCCCCCC(=O)OC[C@H](COP(=O)(O)OC[C@H](O)COP(=O)(O)OC[C@@H](COC(=O)CCCCCCCCCCCCC(C)CC)OC(=O)CCCCCCCCCCCCCC(C)C)OC(=O)CCCCCCCCCCCC(C)C. The fourth-order valence-electron chi connectivity index (χ4n) is 10.2. The first-order valence-corrected chi connectivity index (χ1v) is 38.4. The van der Waals surface area contributed by atoms with Gasteiger partial charge in [0.25, 0.3) is 0 Å². The Morgan fingerprint density at radius 1 is 0.333 bits per heavy atom. The molecular formula is C68H132O17P2. The van der Waals surface area contributed by atoms with Crippen LogP contribution >= 0.6 is 15.6 Å². The maximum atomic E-state index is 13.0. The Bertz CT molecular complexity index is 1720. The Morgan fingerprint density at radius 2 is 0.586 bits per heavy atom. The lowest BCUT2D eigenvalue weighted by atomic mass is 9.99. The van der Waals surface area contributed by atoms with Gasteiger partial charge >= 0.3 is 39.5 Å². The molecule has 17 nitrogen and oxygen atoms in total. The Balaban J connectivity index is 5.23. The van der Waals surface area contributed by atoms with Crippen LogP contribution in [0.3, 0.4) is 0 Å². The smallest absolute Gasteiger partial charge is 0.462 e. The van der Waals surface area contributed by atoms with E-state index in [1.54, 1.807) is 0 Å². The number of phosphoric acid groups is 2. The van der Waals surface area contributed by atoms with E-state index in [-0.39, 0.29) is 25.7 Å². The number of carbonyl (C=O) groups is 4. The average molecular weight is 1280 g/mol. The highest BCUT2D eigenvalue weighted by Crippen LogP contribution is 2.45. The summed E-state index contributed by atoms with van der Waals surface area (Å²) in [4.78, 5) is 72.3. The van der Waals surface area contributed by atoms with Gasteiger partial charge in [0.2, 0.25) is 0 Å². The van der Waals surface area contributed by atoms with Gasteiger partial charge in [-0.2, -0.15) is 0 Å². The van der Waals surface area contributed by atoms with E-state index in [9.17, 15) is 43.2 Å². The molecule has 0 aliphatic heterocycles. The van der Waals surface area contributed by atoms with Crippen LogP contribution in [0, 0.1) is 17.8 Å². The van der Waals surface area contributed by atoms with Gasteiger partial charge in [-0.05, 0) is 43.4 Å². The molecule has 0 aromatic carbocycles. The Hall–Kier alpha value is -1.94. The summed E-state index contributed by atoms with van der Waals surface area (Å²) in [6.07, 6.45) is 41.7. The first-order valence-electron chi connectivity index (χ1n) is 35.4. The lowest BCUT2D eigenvalue weighted by Crippen LogP contribution is -2.30. The summed E-state index contributed by atoms with van der Waals surface area (Å²) in [6, 6.07) is 0. The van der Waals surface area contributed by atoms with Crippen molar-refractivity contribution in [2.24, 2.45) is 17.8 Å². The van der Waals surface area contributed by atoms with Crippen molar-refractivity contribution in [1.82, 2.24) is 0 Å². The van der Waals surface area contributed by atoms with Gasteiger partial charge in [0.05, 0.1) is 26.4 Å². The van der Waals surface area contributed by atoms with Gasteiger partial charge in [-0.3, -0.25) is 37.3 Å². The van der Waals surface area contributed by atoms with Crippen LogP contribution in [0.2, 0.25) is 0 Å². The number of rotatable bonds is 66. The molecule has 0 rings (SSSR count). The maximum Gasteiger partial charge on any atom is 0.472 e. The van der Waals surface area contributed by atoms with E-state index in [4.69, 9.17) is 37.0 Å². The van der Waals surface area contributed by atoms with Crippen molar-refractivity contribution >= 4 is 39.5 Å². The number of aliphatic hydroxyl groups excluding tert-OH is 1. The second-order valence-corrected chi connectivity index (χ2v) is 28.7. The van der Waals surface area contributed by atoms with Gasteiger partial charge in [-0.15, -0.1) is 0 Å². The lowest BCUT2D eigenvalue weighted by molar-refractivity contribution is -0.161. The second kappa shape index (κ2) is 59.1. The summed E-state index contributed by atoms with van der Waals surface area (Å²) in [7, 11) is -9.89. The van der Waals surface area contributed by atoms with Crippen molar-refractivity contribution < 1.29 is 80.2 Å². The average Bonchev–Trinajstić information content (AvgIpc) is 3.69. The number of esters is 4. The fraction of sp³-hybridized carbons (Fsp3) is 0.941. The largest absolute Gasteiger partial charge is 0.472 e. The molecule has 0 aliphatic rings. The fourth-order valence-corrected chi connectivity index (χ4v) is 11.7. The molecule has 0 radical (unpaired) electrons. The van der Waals surface area contributed by atoms with E-state index in [1.165, 1.54) is 135 Å². The molecule has 6 atom stereocenters. The van der Waals surface area contributed by atoms with Crippen LogP contribution in [0.4, 0.5) is 0 Å². The Labute approximate surface area is 530 Å². The van der Waals surface area contributed by atoms with Gasteiger partial charge in [-0.25, -0.2) is 9.13 Å². The third-order valence-electron chi connectivity index (χ3n) is 16.0. The molecule has 0 saturated heterocycles. The van der Waals surface area contributed by atoms with E-state index in [1.807, 2.05) is 0 Å². The highest BCUT2D eigenvalue weighted by atomic mass is 31.2. The number of unbranched alkanes of at least 4 members (excludes halogenated alkanes) is 33. The summed E-state index contributed by atoms with van der Waals surface area (Å²) in [5, 5.41) is 10.6. The van der Waals surface area contributed by atoms with E-state index >= 15 is 0 Å². The van der Waals surface area contributed by atoms with Crippen LogP contribution < -0.4 is 0 Å². The summed E-state index contributed by atoms with van der Waals surface area (Å²) in [5.74, 6) is 0.178. The zero-order chi connectivity index (χ0) is 64.5. The van der Waals surface area contributed by atoms with Crippen molar-refractivity contribution in [2.75, 3.05) is 39.6 Å². The molecule has 3 N–H and O–H groups in total. The predicted molar refractivity (Wildman–Crippen MR) is 349 cm³/mol. The van der Waals surface area contributed by atoms with Crippen LogP contribution in [0.25, 0.3) is 0 Å². The number of aliphatic hydroxyl groups is 1. The van der Waals surface area contributed by atoms with Gasteiger partial charge in [-0.1, -0.05) is 286 Å². The van der Waals surface area contributed by atoms with Crippen molar-refractivity contribution in [1.29, 1.82) is 0 Å². The summed E-state index contributed by atoms with van der Waals surface area (Å²) >= 11 is 0. The number of hydrogen-bond acceptors (Lipinski definition) is 15. The Kier molecular flexibility index (Phi) is 57.8. The van der Waals surface area contributed by atoms with E-state index in [2.05, 4.69) is 48.5 Å². The molecule has 0 amide bonds. The second-order valence-electron chi connectivity index (χ2n) is 25.8. The summed E-state index contributed by atoms with van der Waals surface area (Å²) in [5.41, 5.74) is 0. The van der Waals surface area contributed by atoms with Crippen LogP contribution in [-0.4, -0.2) is 96.7 Å². The van der Waals surface area contributed by atoms with Gasteiger partial charge < -0.3 is 33.8 Å². The molecule has 0 spiro atoms. The van der Waals surface area contributed by atoms with Crippen molar-refractivity contribution in [3.05, 3.63) is 0 Å². The molecule has 0 bridgehead atoms. The molecule has 19 heteroatoms. The summed E-state index contributed by atoms with van der Waals surface area (Å²) in [6.45, 7) is 11.8. The lowest BCUT2D eigenvalue weighted by Gasteiger charge is -2.21. The van der Waals surface area contributed by atoms with E-state index < -0.39 is 97.5 Å². The summed E-state index contributed by atoms with van der Waals surface area (Å²) < 4.78 is 68.1. The first kappa shape index (κ1) is 85.1. The quantitative estimate of drug-likeness (QED) is 0.0222. The standard InChI is InChI=1S/C68H132O17P2/c1-8-10-11-12-25-35-42-49-65(70)78-55-63(84-68(73)52-45-38-31-24-18-20-27-33-40-47-60(5)6)57-82-86(74,75)80-53-62(69)54-81-87(76,77)83-58-64(85-67(72)51-44-37-30-23-15-13-14-19-26-32-39-46-59(3)4)56-79-66(71)50-43-36-29-22-17-16-21-28-34-41-48-61(7)9-2/h59-64,69H,8-58H2,1-7H3,(H,74,75)(H,76,77)/t61?,62-,63+,64+/m0/s1. The molecule has 516 valence electrons. The normalized spacial score (nSPS) is 14.6. The Morgan fingerprint density at radius 3 is 0.874 bits per heavy atom. The van der Waals surface area contributed by atoms with Crippen LogP contribution in [0.1, 0.15) is 337 Å². The van der Waals surface area contributed by atoms with Crippen LogP contribution in [0.15, 0.2) is 0 Å². The monoisotopic (exact) mass is 1280 g/mol. The first-order chi connectivity index (χ1) is 41.8. The predicted octanol–water partition coefficient (Wildman–Crippen LogP) is 19.1. The molecule has 0 heterocycles. The minimum atomic E-state index is -4.95. The molecule has 87 heavy (non-hydrogen) atoms. The van der Waals surface area contributed by atoms with Crippen molar-refractivity contribution in [3.8, 4) is 0 Å². The third kappa shape index (κ3) is 61.3. The zero-order valence-electron chi connectivity index (χ0n) is 56.5. The molecule has 0 aliphatic carbocycles. The molecular weight excluding hydrogens is 1150 g/mol. The van der Waals surface area contributed by atoms with Crippen LogP contribution in [-0.2, 0) is 65.4 Å². The van der Waals surface area contributed by atoms with Gasteiger partial charge in [0.1, 0.15) is 19.3 Å². The highest BCUT2D eigenvalue weighted by molar-refractivity contribution is 7.47. The minimum Gasteiger partial charge on any atom is -0.462 e. The van der Waals surface area contributed by atoms with Crippen molar-refractivity contribution in [3.63, 3.8) is 0 Å². The topological polar surface area (TPSA) is 237 Å². The number of phosphoric ester groups is 2. The molecule has 0 aromatic heterocycles. The number of carbonyl (C=O) groups excluding carboxylic acids is 4. The molecule has 0 fully saturated rings. The third-order valence-corrected chi connectivity index (χ3v) is 17.9. The van der Waals surface area contributed by atoms with Gasteiger partial charge in [0, 0.05) is 25.7 Å². The zero-order valence-corrected chi connectivity index (χ0v) is 58.3. The van der Waals surface area contributed by atoms with Gasteiger partial charge in [0.15, 0.2) is 12.2 Å². The molecule has 3 unspecified atom stereocenters. The molecule has 0 aromatic rings. The van der Waals surface area contributed by atoms with Crippen LogP contribution in [0.5, 0.6) is 0 Å².